The van der Waals surface area contributed by atoms with Crippen LogP contribution in [0.2, 0.25) is 0 Å². The van der Waals surface area contributed by atoms with Gasteiger partial charge in [-0.05, 0) is 38.2 Å². The average Bonchev–Trinajstić information content (AvgIpc) is 3.28. The fourth-order valence-corrected chi connectivity index (χ4v) is 2.83. The van der Waals surface area contributed by atoms with Crippen molar-refractivity contribution in [2.24, 2.45) is 17.6 Å². The number of hydrogen-bond donors (Lipinski definition) is 5. The number of hydrogen-bond acceptors (Lipinski definition) is 6. The Morgan fingerprint density at radius 2 is 1.36 bits per heavy atom. The molecule has 0 saturated heterocycles. The lowest BCUT2D eigenvalue weighted by Crippen LogP contribution is -2.32. The molecule has 2 aliphatic carbocycles. The summed E-state index contributed by atoms with van der Waals surface area (Å²) in [4.78, 5) is 21.6. The lowest BCUT2D eigenvalue weighted by atomic mass is 10.1. The third-order valence-electron chi connectivity index (χ3n) is 4.09. The Morgan fingerprint density at radius 3 is 1.64 bits per heavy atom. The number of carbonyl (C=O) groups is 2. The maximum absolute atomic E-state index is 11.3. The number of aliphatic carboxylic acids is 1. The van der Waals surface area contributed by atoms with Gasteiger partial charge in [-0.15, -0.1) is 0 Å². The zero-order valence-electron chi connectivity index (χ0n) is 15.0. The third-order valence-corrected chi connectivity index (χ3v) is 5.04. The highest BCUT2D eigenvalue weighted by Gasteiger charge is 2.23. The second-order valence-corrected chi connectivity index (χ2v) is 7.56. The molecule has 2 aliphatic rings. The maximum atomic E-state index is 11.3. The molecular weight excluding hydrogens is 360 g/mol. The van der Waals surface area contributed by atoms with E-state index in [4.69, 9.17) is 21.7 Å². The van der Waals surface area contributed by atoms with Gasteiger partial charge in [-0.25, -0.2) is 0 Å². The second kappa shape index (κ2) is 14.0. The van der Waals surface area contributed by atoms with E-state index in [-0.39, 0.29) is 28.1 Å². The van der Waals surface area contributed by atoms with E-state index in [0.717, 1.165) is 51.4 Å². The molecule has 0 aliphatic heterocycles. The summed E-state index contributed by atoms with van der Waals surface area (Å²) in [5, 5.41) is 25.2. The van der Waals surface area contributed by atoms with E-state index in [1.54, 1.807) is 12.5 Å². The summed E-state index contributed by atoms with van der Waals surface area (Å²) >= 11 is 2.50. The Bertz CT molecular complexity index is 449. The summed E-state index contributed by atoms with van der Waals surface area (Å²) in [5.74, 6) is -0.429. The highest BCUT2D eigenvalue weighted by atomic mass is 32.2. The van der Waals surface area contributed by atoms with Gasteiger partial charge in [-0.1, -0.05) is 49.2 Å². The van der Waals surface area contributed by atoms with Gasteiger partial charge in [0.2, 0.25) is 5.91 Å². The van der Waals surface area contributed by atoms with Crippen molar-refractivity contribution in [2.75, 3.05) is 12.5 Å². The minimum atomic E-state index is -0.609. The fourth-order valence-electron chi connectivity index (χ4n) is 2.63. The molecule has 7 nitrogen and oxygen atoms in total. The lowest BCUT2D eigenvalue weighted by molar-refractivity contribution is -0.141. The van der Waals surface area contributed by atoms with Crippen LogP contribution >= 0.6 is 23.5 Å². The number of nitrogens with two attached hydrogens (primary N) is 1. The van der Waals surface area contributed by atoms with E-state index in [1.165, 1.54) is 23.5 Å². The van der Waals surface area contributed by atoms with Crippen LogP contribution in [0.3, 0.4) is 0 Å². The van der Waals surface area contributed by atoms with E-state index in [0.29, 0.717) is 0 Å². The number of amidine groups is 2. The quantitative estimate of drug-likeness (QED) is 0.362. The van der Waals surface area contributed by atoms with Crippen molar-refractivity contribution in [1.82, 2.24) is 5.32 Å². The molecule has 25 heavy (non-hydrogen) atoms. The van der Waals surface area contributed by atoms with Crippen molar-refractivity contribution in [3.63, 3.8) is 0 Å². The largest absolute Gasteiger partial charge is 0.481 e. The Morgan fingerprint density at radius 1 is 0.960 bits per heavy atom. The summed E-state index contributed by atoms with van der Waals surface area (Å²) in [7, 11) is 0. The number of carboxylic acid groups (broad SMARTS) is 1. The zero-order valence-corrected chi connectivity index (χ0v) is 16.6. The number of nitrogens with one attached hydrogen (secondary N) is 3. The molecule has 0 atom stereocenters. The predicted molar refractivity (Wildman–Crippen MR) is 106 cm³/mol. The average molecular weight is 391 g/mol. The van der Waals surface area contributed by atoms with Gasteiger partial charge in [0.05, 0.1) is 5.92 Å². The molecule has 2 saturated carbocycles. The van der Waals surface area contributed by atoms with Crippen LogP contribution in [-0.4, -0.2) is 39.8 Å². The molecule has 0 heterocycles. The van der Waals surface area contributed by atoms with Crippen molar-refractivity contribution in [2.45, 2.75) is 51.4 Å². The standard InChI is InChI=1S/C8H14N2OS.C6H10O2.C2H6N2S/c1-12-8(9)10-7(11)6-4-2-3-5-6;7-6(8)5-3-1-2-4-5;1-5-2(3)4/h6H,2-5H2,1H3,(H2,9,10,11);5H,1-4H2,(H,7,8);1H3,(H3,3,4). The SMILES string of the molecule is CSC(=N)N.CSC(=N)NC(=O)C1CCCC1.O=C(O)C1CCCC1. The van der Waals surface area contributed by atoms with Gasteiger partial charge in [-0.3, -0.25) is 20.4 Å². The molecule has 9 heteroatoms. The van der Waals surface area contributed by atoms with E-state index >= 15 is 0 Å². The number of amides is 1. The molecule has 144 valence electrons. The van der Waals surface area contributed by atoms with Crippen LogP contribution in [0, 0.1) is 22.7 Å². The summed E-state index contributed by atoms with van der Waals surface area (Å²) < 4.78 is 0. The van der Waals surface area contributed by atoms with Gasteiger partial charge in [0.15, 0.2) is 10.3 Å². The first kappa shape index (κ1) is 23.8. The topological polar surface area (TPSA) is 140 Å². The third kappa shape index (κ3) is 11.9. The van der Waals surface area contributed by atoms with Gasteiger partial charge in [0, 0.05) is 5.92 Å². The molecular formula is C16H30N4O3S2. The normalized spacial score (nSPS) is 16.9. The number of rotatable bonds is 2. The molecule has 0 spiro atoms. The molecule has 0 bridgehead atoms. The van der Waals surface area contributed by atoms with Crippen molar-refractivity contribution in [1.29, 1.82) is 10.8 Å². The van der Waals surface area contributed by atoms with Crippen LogP contribution in [-0.2, 0) is 9.59 Å². The van der Waals surface area contributed by atoms with Crippen LogP contribution in [0.5, 0.6) is 0 Å². The van der Waals surface area contributed by atoms with Gasteiger partial charge >= 0.3 is 5.97 Å². The maximum Gasteiger partial charge on any atom is 0.306 e. The Hall–Kier alpha value is -1.22. The van der Waals surface area contributed by atoms with E-state index < -0.39 is 5.97 Å². The summed E-state index contributed by atoms with van der Waals surface area (Å²) in [6.07, 6.45) is 11.9. The second-order valence-electron chi connectivity index (χ2n) is 5.89. The highest BCUT2D eigenvalue weighted by molar-refractivity contribution is 8.13. The Kier molecular flexibility index (Phi) is 13.3. The zero-order chi connectivity index (χ0) is 19.2. The minimum Gasteiger partial charge on any atom is -0.481 e. The van der Waals surface area contributed by atoms with Crippen molar-refractivity contribution < 1.29 is 14.7 Å². The van der Waals surface area contributed by atoms with Crippen LogP contribution in [0.4, 0.5) is 0 Å². The number of carbonyl (C=O) groups excluding carboxylic acids is 1. The summed E-state index contributed by atoms with van der Waals surface area (Å²) in [5.41, 5.74) is 4.84. The van der Waals surface area contributed by atoms with Crippen molar-refractivity contribution in [3.05, 3.63) is 0 Å². The van der Waals surface area contributed by atoms with Gasteiger partial charge in [-0.2, -0.15) is 0 Å². The van der Waals surface area contributed by atoms with Crippen LogP contribution in [0.1, 0.15) is 51.4 Å². The predicted octanol–water partition coefficient (Wildman–Crippen LogP) is 3.09. The Balaban J connectivity index is 0.000000382. The van der Waals surface area contributed by atoms with Crippen molar-refractivity contribution >= 4 is 45.7 Å². The van der Waals surface area contributed by atoms with E-state index in [1.807, 2.05) is 0 Å². The molecule has 2 fully saturated rings. The van der Waals surface area contributed by atoms with E-state index in [2.05, 4.69) is 5.32 Å². The molecule has 0 aromatic rings. The minimum absolute atomic E-state index is 0.0185. The van der Waals surface area contributed by atoms with Crippen LogP contribution < -0.4 is 11.1 Å². The van der Waals surface area contributed by atoms with E-state index in [9.17, 15) is 9.59 Å². The monoisotopic (exact) mass is 390 g/mol. The van der Waals surface area contributed by atoms with Crippen molar-refractivity contribution in [3.8, 4) is 0 Å². The van der Waals surface area contributed by atoms with Crippen LogP contribution in [0.15, 0.2) is 0 Å². The highest BCUT2D eigenvalue weighted by Crippen LogP contribution is 2.25. The smallest absolute Gasteiger partial charge is 0.306 e. The molecule has 0 aromatic heterocycles. The Labute approximate surface area is 158 Å². The van der Waals surface area contributed by atoms with Gasteiger partial charge < -0.3 is 16.2 Å². The van der Waals surface area contributed by atoms with Gasteiger partial charge in [0.25, 0.3) is 0 Å². The molecule has 6 N–H and O–H groups in total. The molecule has 1 amide bonds. The number of carboxylic acids is 1. The molecule has 0 aromatic carbocycles. The molecule has 0 radical (unpaired) electrons. The fraction of sp³-hybridized carbons (Fsp3) is 0.750. The lowest BCUT2D eigenvalue weighted by Gasteiger charge is -2.08. The van der Waals surface area contributed by atoms with Gasteiger partial charge in [0.1, 0.15) is 0 Å². The summed E-state index contributed by atoms with van der Waals surface area (Å²) in [6.45, 7) is 0. The summed E-state index contributed by atoms with van der Waals surface area (Å²) in [6, 6.07) is 0. The first-order chi connectivity index (χ1) is 11.8. The molecule has 0 unspecified atom stereocenters. The molecule has 2 rings (SSSR count). The first-order valence-electron chi connectivity index (χ1n) is 8.36. The number of thioether (sulfide) groups is 2. The first-order valence-corrected chi connectivity index (χ1v) is 10.8. The van der Waals surface area contributed by atoms with Crippen LogP contribution in [0.25, 0.3) is 0 Å².